The molecule has 116 valence electrons. The van der Waals surface area contributed by atoms with E-state index < -0.39 is 30.3 Å². The van der Waals surface area contributed by atoms with Crippen LogP contribution in [-0.2, 0) is 27.3 Å². The fourth-order valence-electron chi connectivity index (χ4n) is 2.56. The molecule has 0 bridgehead atoms. The summed E-state index contributed by atoms with van der Waals surface area (Å²) >= 11 is -4.71. The van der Waals surface area contributed by atoms with Crippen molar-refractivity contribution in [3.05, 3.63) is 0 Å². The fraction of sp³-hybridized carbons (Fsp3) is 1.00. The van der Waals surface area contributed by atoms with Gasteiger partial charge in [-0.25, -0.2) is 0 Å². The first kappa shape index (κ1) is 19.9. The van der Waals surface area contributed by atoms with Crippen LogP contribution >= 0.6 is 0 Å². The SMILES string of the molecule is CCCC[O][Zr]([OH])([OH])[O][Si](CCC)(CCC)CCC. The normalized spacial score (nSPS) is 12.9. The Kier molecular flexibility index (Phi) is 11.2. The Hall–Kier alpha value is 0.940. The topological polar surface area (TPSA) is 58.9 Å². The molecule has 0 fully saturated rings. The zero-order chi connectivity index (χ0) is 14.8. The summed E-state index contributed by atoms with van der Waals surface area (Å²) in [5, 5.41) is 0. The van der Waals surface area contributed by atoms with E-state index in [9.17, 15) is 6.37 Å². The third-order valence-corrected chi connectivity index (χ3v) is 14.8. The van der Waals surface area contributed by atoms with Crippen LogP contribution in [0.3, 0.4) is 0 Å². The van der Waals surface area contributed by atoms with Crippen LogP contribution in [0.1, 0.15) is 59.8 Å². The zero-order valence-corrected chi connectivity index (χ0v) is 16.5. The van der Waals surface area contributed by atoms with E-state index in [0.29, 0.717) is 6.61 Å². The third-order valence-electron chi connectivity index (χ3n) is 3.25. The molecule has 6 heteroatoms. The van der Waals surface area contributed by atoms with E-state index in [2.05, 4.69) is 27.7 Å². The summed E-state index contributed by atoms with van der Waals surface area (Å²) in [6, 6.07) is 3.02. The molecular weight excluding hydrogens is 339 g/mol. The van der Waals surface area contributed by atoms with E-state index in [4.69, 9.17) is 5.32 Å². The Labute approximate surface area is 126 Å². The van der Waals surface area contributed by atoms with Crippen LogP contribution in [0.5, 0.6) is 0 Å². The quantitative estimate of drug-likeness (QED) is 0.405. The molecule has 0 heterocycles. The predicted molar refractivity (Wildman–Crippen MR) is 77.4 cm³/mol. The summed E-state index contributed by atoms with van der Waals surface area (Å²) in [5.41, 5.74) is 0. The molecule has 0 aromatic heterocycles. The minimum atomic E-state index is -4.71. The molecule has 19 heavy (non-hydrogen) atoms. The maximum absolute atomic E-state index is 10.1. The molecule has 0 saturated carbocycles. The summed E-state index contributed by atoms with van der Waals surface area (Å²) in [6.07, 6.45) is 4.98. The van der Waals surface area contributed by atoms with E-state index in [-0.39, 0.29) is 0 Å². The first-order chi connectivity index (χ1) is 8.95. The Bertz CT molecular complexity index is 210. The second-order valence-electron chi connectivity index (χ2n) is 5.29. The van der Waals surface area contributed by atoms with Gasteiger partial charge in [-0.3, -0.25) is 0 Å². The Morgan fingerprint density at radius 2 is 1.32 bits per heavy atom. The van der Waals surface area contributed by atoms with Crippen molar-refractivity contribution in [3.8, 4) is 0 Å². The van der Waals surface area contributed by atoms with Crippen LogP contribution in [0.4, 0.5) is 0 Å². The number of unbranched alkanes of at least 4 members (excludes halogenated alkanes) is 1. The van der Waals surface area contributed by atoms with Gasteiger partial charge in [0.15, 0.2) is 0 Å². The Morgan fingerprint density at radius 3 is 1.68 bits per heavy atom. The molecule has 0 rings (SSSR count). The van der Waals surface area contributed by atoms with Gasteiger partial charge in [0.1, 0.15) is 0 Å². The van der Waals surface area contributed by atoms with E-state index >= 15 is 0 Å². The van der Waals surface area contributed by atoms with Crippen LogP contribution < -0.4 is 0 Å². The van der Waals surface area contributed by atoms with Gasteiger partial charge in [-0.2, -0.15) is 0 Å². The molecule has 0 saturated heterocycles. The number of hydrogen-bond donors (Lipinski definition) is 2. The molecule has 0 atom stereocenters. The molecule has 0 aliphatic carbocycles. The molecule has 0 amide bonds. The van der Waals surface area contributed by atoms with Gasteiger partial charge in [-0.15, -0.1) is 0 Å². The van der Waals surface area contributed by atoms with Gasteiger partial charge in [-0.05, 0) is 0 Å². The van der Waals surface area contributed by atoms with Gasteiger partial charge in [0, 0.05) is 0 Å². The van der Waals surface area contributed by atoms with Crippen molar-refractivity contribution in [1.82, 2.24) is 0 Å². The molecule has 0 aliphatic heterocycles. The van der Waals surface area contributed by atoms with Crippen molar-refractivity contribution in [2.45, 2.75) is 77.9 Å². The fourth-order valence-corrected chi connectivity index (χ4v) is 14.8. The van der Waals surface area contributed by atoms with Crippen LogP contribution in [0.2, 0.25) is 18.1 Å². The van der Waals surface area contributed by atoms with Gasteiger partial charge in [0.2, 0.25) is 0 Å². The molecule has 4 nitrogen and oxygen atoms in total. The standard InChI is InChI=1S/C9H21OSi.C4H9O.2H2O.Zr/c1-4-7-11(10,8-5-2)9-6-3;1-2-3-4-5;;;/h4-9H2,1-3H3;2-4H2,1H3;2*1H2;/q2*-1;;;+4/p-2. The molecule has 0 unspecified atom stereocenters. The van der Waals surface area contributed by atoms with E-state index in [1.54, 1.807) is 0 Å². The summed E-state index contributed by atoms with van der Waals surface area (Å²) in [5.74, 6) is 0. The summed E-state index contributed by atoms with van der Waals surface area (Å²) in [7, 11) is -2.02. The van der Waals surface area contributed by atoms with Crippen molar-refractivity contribution >= 4 is 8.32 Å². The Morgan fingerprint density at radius 1 is 0.842 bits per heavy atom. The Balaban J connectivity index is 4.65. The number of hydrogen-bond acceptors (Lipinski definition) is 4. The van der Waals surface area contributed by atoms with Crippen molar-refractivity contribution in [1.29, 1.82) is 0 Å². The van der Waals surface area contributed by atoms with Crippen molar-refractivity contribution in [3.63, 3.8) is 0 Å². The summed E-state index contributed by atoms with van der Waals surface area (Å²) in [6.45, 7) is 8.88. The molecule has 0 aromatic carbocycles. The van der Waals surface area contributed by atoms with Gasteiger partial charge < -0.3 is 0 Å². The van der Waals surface area contributed by atoms with Gasteiger partial charge in [-0.1, -0.05) is 0 Å². The second kappa shape index (κ2) is 10.6. The average molecular weight is 372 g/mol. The van der Waals surface area contributed by atoms with Gasteiger partial charge >= 0.3 is 127 Å². The summed E-state index contributed by atoms with van der Waals surface area (Å²) in [4.78, 5) is 0. The second-order valence-corrected chi connectivity index (χ2v) is 14.3. The molecular formula is C13H32O4SiZr. The van der Waals surface area contributed by atoms with Crippen molar-refractivity contribution in [2.24, 2.45) is 0 Å². The number of rotatable bonds is 12. The zero-order valence-electron chi connectivity index (χ0n) is 13.1. The predicted octanol–water partition coefficient (Wildman–Crippen LogP) is 3.79. The van der Waals surface area contributed by atoms with E-state index in [0.717, 1.165) is 50.2 Å². The minimum absolute atomic E-state index is 0.411. The van der Waals surface area contributed by atoms with Crippen molar-refractivity contribution in [2.75, 3.05) is 6.61 Å². The molecule has 0 aliphatic rings. The average Bonchev–Trinajstić information content (AvgIpc) is 2.29. The van der Waals surface area contributed by atoms with Crippen LogP contribution in [-0.4, -0.2) is 21.3 Å². The van der Waals surface area contributed by atoms with Crippen LogP contribution in [0, 0.1) is 0 Å². The third kappa shape index (κ3) is 8.74. The first-order valence-corrected chi connectivity index (χ1v) is 14.5. The summed E-state index contributed by atoms with van der Waals surface area (Å²) < 4.78 is 31.5. The molecule has 2 N–H and O–H groups in total. The monoisotopic (exact) mass is 370 g/mol. The molecule has 0 spiro atoms. The van der Waals surface area contributed by atoms with Crippen LogP contribution in [0.25, 0.3) is 0 Å². The van der Waals surface area contributed by atoms with Gasteiger partial charge in [0.05, 0.1) is 0 Å². The van der Waals surface area contributed by atoms with E-state index in [1.165, 1.54) is 0 Å². The van der Waals surface area contributed by atoms with Crippen LogP contribution in [0.15, 0.2) is 0 Å². The van der Waals surface area contributed by atoms with Crippen molar-refractivity contribution < 1.29 is 33.7 Å². The maximum atomic E-state index is 10.1. The molecule has 0 aromatic rings. The van der Waals surface area contributed by atoms with Gasteiger partial charge in [0.25, 0.3) is 0 Å². The first-order valence-electron chi connectivity index (χ1n) is 7.74. The molecule has 0 radical (unpaired) electrons. The van der Waals surface area contributed by atoms with E-state index in [1.807, 2.05) is 0 Å².